The zero-order valence-corrected chi connectivity index (χ0v) is 11.3. The van der Waals surface area contributed by atoms with Crippen LogP contribution in [0.25, 0.3) is 0 Å². The van der Waals surface area contributed by atoms with Crippen LogP contribution in [-0.4, -0.2) is 23.1 Å². The third-order valence-corrected chi connectivity index (χ3v) is 4.13. The number of aromatic nitrogens is 1. The number of pyridine rings is 1. The molecule has 1 aliphatic carbocycles. The van der Waals surface area contributed by atoms with E-state index in [4.69, 9.17) is 16.3 Å². The molecule has 0 amide bonds. The minimum absolute atomic E-state index is 0.0507. The van der Waals surface area contributed by atoms with Crippen molar-refractivity contribution in [2.45, 2.75) is 50.0 Å². The van der Waals surface area contributed by atoms with Crippen molar-refractivity contribution in [3.8, 4) is 0 Å². The fourth-order valence-electron chi connectivity index (χ4n) is 2.48. The molecule has 1 fully saturated rings. The molecule has 1 heterocycles. The number of halogens is 1. The first-order valence-corrected chi connectivity index (χ1v) is 6.68. The quantitative estimate of drug-likeness (QED) is 0.750. The molecule has 3 heteroatoms. The van der Waals surface area contributed by atoms with Crippen LogP contribution >= 0.6 is 11.6 Å². The molecular weight excluding hydrogens is 234 g/mol. The summed E-state index contributed by atoms with van der Waals surface area (Å²) in [6.07, 6.45) is 7.16. The summed E-state index contributed by atoms with van der Waals surface area (Å²) in [6.45, 7) is 2.08. The Bertz CT molecular complexity index is 371. The van der Waals surface area contributed by atoms with Crippen LogP contribution in [0.5, 0.6) is 0 Å². The van der Waals surface area contributed by atoms with Crippen LogP contribution in [-0.2, 0) is 11.2 Å². The van der Waals surface area contributed by atoms with E-state index in [0.717, 1.165) is 31.4 Å². The van der Waals surface area contributed by atoms with E-state index in [2.05, 4.69) is 18.0 Å². The molecule has 0 aliphatic heterocycles. The Morgan fingerprint density at radius 1 is 1.53 bits per heavy atom. The summed E-state index contributed by atoms with van der Waals surface area (Å²) in [5.41, 5.74) is 2.38. The molecule has 2 nitrogen and oxygen atoms in total. The van der Waals surface area contributed by atoms with Gasteiger partial charge in [0.1, 0.15) is 0 Å². The van der Waals surface area contributed by atoms with Gasteiger partial charge >= 0.3 is 0 Å². The Morgan fingerprint density at radius 2 is 2.29 bits per heavy atom. The zero-order valence-electron chi connectivity index (χ0n) is 10.6. The maximum atomic E-state index is 6.44. The summed E-state index contributed by atoms with van der Waals surface area (Å²) >= 11 is 6.44. The molecule has 0 bridgehead atoms. The molecule has 1 atom stereocenters. The van der Waals surface area contributed by atoms with Gasteiger partial charge in [0, 0.05) is 30.8 Å². The lowest BCUT2D eigenvalue weighted by Gasteiger charge is -2.41. The Morgan fingerprint density at radius 3 is 2.82 bits per heavy atom. The third kappa shape index (κ3) is 2.99. The molecule has 0 saturated heterocycles. The normalized spacial score (nSPS) is 19.7. The number of ether oxygens (including phenoxy) is 1. The van der Waals surface area contributed by atoms with Gasteiger partial charge in [-0.2, -0.15) is 0 Å². The molecule has 1 aromatic heterocycles. The Kier molecular flexibility index (Phi) is 4.05. The highest BCUT2D eigenvalue weighted by molar-refractivity contribution is 6.20. The second-order valence-electron chi connectivity index (χ2n) is 5.01. The lowest BCUT2D eigenvalue weighted by atomic mass is 9.76. The monoisotopic (exact) mass is 253 g/mol. The molecule has 0 aromatic carbocycles. The number of methoxy groups -OCH3 is 1. The highest BCUT2D eigenvalue weighted by Gasteiger charge is 2.38. The van der Waals surface area contributed by atoms with E-state index in [-0.39, 0.29) is 11.0 Å². The summed E-state index contributed by atoms with van der Waals surface area (Å²) in [5, 5.41) is 0.115. The van der Waals surface area contributed by atoms with Crippen LogP contribution in [0.1, 0.15) is 36.9 Å². The Balaban J connectivity index is 1.93. The minimum Gasteiger partial charge on any atom is -0.378 e. The SMILES string of the molecule is COC1(CC(Cl)Cc2ncccc2C)CCC1. The van der Waals surface area contributed by atoms with Crippen molar-refractivity contribution < 1.29 is 4.74 Å². The molecule has 94 valence electrons. The average Bonchev–Trinajstić information content (AvgIpc) is 2.27. The van der Waals surface area contributed by atoms with Gasteiger partial charge in [0.2, 0.25) is 0 Å². The van der Waals surface area contributed by atoms with Crippen LogP contribution in [0.3, 0.4) is 0 Å². The van der Waals surface area contributed by atoms with E-state index < -0.39 is 0 Å². The van der Waals surface area contributed by atoms with Gasteiger partial charge in [0.25, 0.3) is 0 Å². The van der Waals surface area contributed by atoms with E-state index in [0.29, 0.717) is 0 Å². The smallest absolute Gasteiger partial charge is 0.0693 e. The van der Waals surface area contributed by atoms with Gasteiger partial charge in [-0.25, -0.2) is 0 Å². The maximum Gasteiger partial charge on any atom is 0.0693 e. The minimum atomic E-state index is 0.0507. The van der Waals surface area contributed by atoms with Crippen molar-refractivity contribution in [1.29, 1.82) is 0 Å². The van der Waals surface area contributed by atoms with Crippen LogP contribution in [0.2, 0.25) is 0 Å². The molecule has 0 N–H and O–H groups in total. The van der Waals surface area contributed by atoms with Gasteiger partial charge in [0.05, 0.1) is 5.60 Å². The van der Waals surface area contributed by atoms with Gasteiger partial charge < -0.3 is 4.74 Å². The highest BCUT2D eigenvalue weighted by Crippen LogP contribution is 2.40. The van der Waals surface area contributed by atoms with Crippen molar-refractivity contribution in [2.75, 3.05) is 7.11 Å². The van der Waals surface area contributed by atoms with Gasteiger partial charge in [-0.1, -0.05) is 6.07 Å². The van der Waals surface area contributed by atoms with Crippen molar-refractivity contribution in [3.63, 3.8) is 0 Å². The van der Waals surface area contributed by atoms with Gasteiger partial charge in [0.15, 0.2) is 0 Å². The first kappa shape index (κ1) is 12.8. The second kappa shape index (κ2) is 5.36. The van der Waals surface area contributed by atoms with Crippen LogP contribution < -0.4 is 0 Å². The standard InChI is InChI=1S/C14H20ClNO/c1-11-5-3-8-16-13(11)9-12(15)10-14(17-2)6-4-7-14/h3,5,8,12H,4,6-7,9-10H2,1-2H3. The fraction of sp³-hybridized carbons (Fsp3) is 0.643. The molecule has 2 rings (SSSR count). The van der Waals surface area contributed by atoms with Crippen LogP contribution in [0, 0.1) is 6.92 Å². The first-order valence-electron chi connectivity index (χ1n) is 6.25. The van der Waals surface area contributed by atoms with Crippen molar-refractivity contribution >= 4 is 11.6 Å². The van der Waals surface area contributed by atoms with Crippen LogP contribution in [0.15, 0.2) is 18.3 Å². The maximum absolute atomic E-state index is 6.44. The zero-order chi connectivity index (χ0) is 12.3. The van der Waals surface area contributed by atoms with E-state index in [1.807, 2.05) is 12.3 Å². The van der Waals surface area contributed by atoms with E-state index in [9.17, 15) is 0 Å². The molecule has 1 unspecified atom stereocenters. The van der Waals surface area contributed by atoms with Crippen molar-refractivity contribution in [2.24, 2.45) is 0 Å². The summed E-state index contributed by atoms with van der Waals surface area (Å²) in [6, 6.07) is 4.05. The average molecular weight is 254 g/mol. The molecule has 17 heavy (non-hydrogen) atoms. The summed E-state index contributed by atoms with van der Waals surface area (Å²) < 4.78 is 5.61. The fourth-order valence-corrected chi connectivity index (χ4v) is 2.91. The summed E-state index contributed by atoms with van der Waals surface area (Å²) in [7, 11) is 1.80. The predicted molar refractivity (Wildman–Crippen MR) is 70.5 cm³/mol. The Labute approximate surface area is 108 Å². The predicted octanol–water partition coefficient (Wildman–Crippen LogP) is 3.50. The molecule has 0 spiro atoms. The topological polar surface area (TPSA) is 22.1 Å². The summed E-state index contributed by atoms with van der Waals surface area (Å²) in [5.74, 6) is 0. The number of nitrogens with zero attached hydrogens (tertiary/aromatic N) is 1. The largest absolute Gasteiger partial charge is 0.378 e. The molecule has 0 radical (unpaired) electrons. The van der Waals surface area contributed by atoms with E-state index in [1.165, 1.54) is 12.0 Å². The summed E-state index contributed by atoms with van der Waals surface area (Å²) in [4.78, 5) is 4.39. The number of aryl methyl sites for hydroxylation is 1. The molecular formula is C14H20ClNO. The lowest BCUT2D eigenvalue weighted by Crippen LogP contribution is -2.41. The number of hydrogen-bond acceptors (Lipinski definition) is 2. The molecule has 1 aliphatic rings. The third-order valence-electron chi connectivity index (χ3n) is 3.82. The Hall–Kier alpha value is -0.600. The lowest BCUT2D eigenvalue weighted by molar-refractivity contribution is -0.0777. The number of alkyl halides is 1. The van der Waals surface area contributed by atoms with Gasteiger partial charge in [-0.15, -0.1) is 11.6 Å². The van der Waals surface area contributed by atoms with Gasteiger partial charge in [-0.3, -0.25) is 4.98 Å². The number of hydrogen-bond donors (Lipinski definition) is 0. The molecule has 1 saturated carbocycles. The van der Waals surface area contributed by atoms with Crippen molar-refractivity contribution in [3.05, 3.63) is 29.6 Å². The number of rotatable bonds is 5. The van der Waals surface area contributed by atoms with E-state index >= 15 is 0 Å². The van der Waals surface area contributed by atoms with Gasteiger partial charge in [-0.05, 0) is 44.2 Å². The first-order chi connectivity index (χ1) is 8.15. The molecule has 1 aromatic rings. The van der Waals surface area contributed by atoms with E-state index in [1.54, 1.807) is 7.11 Å². The second-order valence-corrected chi connectivity index (χ2v) is 5.63. The van der Waals surface area contributed by atoms with Crippen molar-refractivity contribution in [1.82, 2.24) is 4.98 Å². The van der Waals surface area contributed by atoms with Crippen LogP contribution in [0.4, 0.5) is 0 Å². The highest BCUT2D eigenvalue weighted by atomic mass is 35.5.